The average molecular weight is 415 g/mol. The highest BCUT2D eigenvalue weighted by Crippen LogP contribution is 2.46. The normalized spacial score (nSPS) is 22.6. The Balaban J connectivity index is 1.72. The fourth-order valence-electron chi connectivity index (χ4n) is 4.70. The van der Waals surface area contributed by atoms with Crippen molar-refractivity contribution in [3.63, 3.8) is 0 Å². The Morgan fingerprint density at radius 1 is 1.17 bits per heavy atom. The van der Waals surface area contributed by atoms with E-state index in [1.807, 2.05) is 37.3 Å². The van der Waals surface area contributed by atoms with E-state index in [4.69, 9.17) is 5.10 Å². The van der Waals surface area contributed by atoms with Crippen molar-refractivity contribution < 1.29 is 0 Å². The maximum absolute atomic E-state index is 12.9. The first kappa shape index (κ1) is 18.8. The van der Waals surface area contributed by atoms with Gasteiger partial charge in [0.1, 0.15) is 11.6 Å². The summed E-state index contributed by atoms with van der Waals surface area (Å²) in [5, 5.41) is 14.2. The minimum absolute atomic E-state index is 0.151. The number of thiazole rings is 1. The Morgan fingerprint density at radius 2 is 1.97 bits per heavy atom. The summed E-state index contributed by atoms with van der Waals surface area (Å²) < 4.78 is 3.63. The number of hydrogen-bond acceptors (Lipinski definition) is 4. The first-order valence-electron chi connectivity index (χ1n) is 10.2. The second-order valence-corrected chi connectivity index (χ2v) is 9.18. The molecule has 3 atom stereocenters. The average Bonchev–Trinajstić information content (AvgIpc) is 3.47. The predicted octanol–water partition coefficient (Wildman–Crippen LogP) is 4.37. The monoisotopic (exact) mass is 414 g/mol. The van der Waals surface area contributed by atoms with Crippen LogP contribution in [0, 0.1) is 37.0 Å². The Labute approximate surface area is 178 Å². The van der Waals surface area contributed by atoms with Gasteiger partial charge in [0, 0.05) is 17.9 Å². The molecule has 1 aromatic carbocycles. The first-order chi connectivity index (χ1) is 14.5. The van der Waals surface area contributed by atoms with Crippen LogP contribution in [-0.2, 0) is 0 Å². The van der Waals surface area contributed by atoms with Gasteiger partial charge in [-0.3, -0.25) is 4.79 Å². The topological polar surface area (TPSA) is 63.1 Å². The van der Waals surface area contributed by atoms with Crippen LogP contribution in [0.3, 0.4) is 0 Å². The van der Waals surface area contributed by atoms with Crippen LogP contribution in [0.4, 0.5) is 0 Å². The molecule has 2 heterocycles. The van der Waals surface area contributed by atoms with Crippen LogP contribution in [0.5, 0.6) is 0 Å². The molecule has 3 unspecified atom stereocenters. The first-order valence-corrected chi connectivity index (χ1v) is 11.0. The van der Waals surface area contributed by atoms with Crippen molar-refractivity contribution in [1.82, 2.24) is 9.24 Å². The van der Waals surface area contributed by atoms with Crippen molar-refractivity contribution in [2.24, 2.45) is 16.9 Å². The van der Waals surface area contributed by atoms with Crippen molar-refractivity contribution in [3.05, 3.63) is 86.7 Å². The molecular weight excluding hydrogens is 392 g/mol. The van der Waals surface area contributed by atoms with Crippen molar-refractivity contribution >= 4 is 11.3 Å². The van der Waals surface area contributed by atoms with Gasteiger partial charge in [-0.1, -0.05) is 53.8 Å². The number of nitrogens with zero attached hydrogens (tertiary/aromatic N) is 4. The Morgan fingerprint density at radius 3 is 2.63 bits per heavy atom. The molecular formula is C24H22N4OS. The maximum atomic E-state index is 12.9. The van der Waals surface area contributed by atoms with E-state index in [2.05, 4.69) is 35.0 Å². The number of fused-ring (bicyclic) bond motifs is 2. The largest absolute Gasteiger partial charge is 0.318 e. The number of allylic oxidation sites excluding steroid dienone is 2. The molecule has 30 heavy (non-hydrogen) atoms. The number of benzene rings is 1. The molecule has 6 heteroatoms. The fraction of sp³-hybridized carbons (Fsp3) is 0.292. The SMILES string of the molecule is Cc1cc(C)n(/N=c2\sc(-c3ccccc3)cn2C2CC3C=CC2C3)c(=O)c1C#N. The summed E-state index contributed by atoms with van der Waals surface area (Å²) in [4.78, 5) is 14.8. The third kappa shape index (κ3) is 3.06. The summed E-state index contributed by atoms with van der Waals surface area (Å²) in [6.07, 6.45) is 9.13. The number of hydrogen-bond donors (Lipinski definition) is 0. The van der Waals surface area contributed by atoms with Gasteiger partial charge in [0.25, 0.3) is 5.56 Å². The van der Waals surface area contributed by atoms with Crippen LogP contribution >= 0.6 is 11.3 Å². The Kier molecular flexibility index (Phi) is 4.56. The summed E-state index contributed by atoms with van der Waals surface area (Å²) >= 11 is 1.59. The molecule has 150 valence electrons. The van der Waals surface area contributed by atoms with Crippen LogP contribution in [-0.4, -0.2) is 9.24 Å². The quantitative estimate of drug-likeness (QED) is 0.598. The number of rotatable bonds is 3. The molecule has 0 N–H and O–H groups in total. The zero-order chi connectivity index (χ0) is 20.8. The lowest BCUT2D eigenvalue weighted by molar-refractivity contribution is 0.421. The Hall–Kier alpha value is -3.17. The molecule has 0 saturated heterocycles. The molecule has 0 radical (unpaired) electrons. The van der Waals surface area contributed by atoms with Gasteiger partial charge in [-0.2, -0.15) is 9.94 Å². The van der Waals surface area contributed by atoms with Gasteiger partial charge in [0.15, 0.2) is 0 Å². The molecule has 1 fully saturated rings. The summed E-state index contributed by atoms with van der Waals surface area (Å²) in [6.45, 7) is 3.65. The molecule has 2 aliphatic carbocycles. The minimum atomic E-state index is -0.357. The molecule has 3 aromatic rings. The molecule has 0 amide bonds. The standard InChI is InChI=1S/C24H22N4OS/c1-15-10-16(2)28(23(29)20(15)13-25)26-24-27(21-12-17-8-9-19(21)11-17)14-22(30-24)18-6-4-3-5-7-18/h3-10,14,17,19,21H,11-12H2,1-2H3/b26-24-. The van der Waals surface area contributed by atoms with Crippen molar-refractivity contribution in [2.75, 3.05) is 0 Å². The molecule has 5 nitrogen and oxygen atoms in total. The fourth-order valence-corrected chi connectivity index (χ4v) is 5.74. The van der Waals surface area contributed by atoms with E-state index in [0.717, 1.165) is 27.4 Å². The third-order valence-corrected chi connectivity index (χ3v) is 7.23. The van der Waals surface area contributed by atoms with Gasteiger partial charge < -0.3 is 4.57 Å². The second-order valence-electron chi connectivity index (χ2n) is 8.17. The summed E-state index contributed by atoms with van der Waals surface area (Å²) in [5.41, 5.74) is 2.35. The zero-order valence-electron chi connectivity index (χ0n) is 16.9. The highest BCUT2D eigenvalue weighted by Gasteiger charge is 2.37. The van der Waals surface area contributed by atoms with Crippen molar-refractivity contribution in [2.45, 2.75) is 32.7 Å². The highest BCUT2D eigenvalue weighted by molar-refractivity contribution is 7.12. The molecule has 5 rings (SSSR count). The zero-order valence-corrected chi connectivity index (χ0v) is 17.8. The number of aryl methyl sites for hydroxylation is 2. The smallest absolute Gasteiger partial charge is 0.289 e. The molecule has 2 aliphatic rings. The van der Waals surface area contributed by atoms with Gasteiger partial charge in [-0.25, -0.2) is 0 Å². The maximum Gasteiger partial charge on any atom is 0.289 e. The molecule has 0 spiro atoms. The van der Waals surface area contributed by atoms with E-state index in [0.29, 0.717) is 23.4 Å². The number of nitriles is 1. The van der Waals surface area contributed by atoms with Crippen LogP contribution in [0.1, 0.15) is 35.7 Å². The van der Waals surface area contributed by atoms with Crippen LogP contribution in [0.25, 0.3) is 10.4 Å². The van der Waals surface area contributed by atoms with Crippen molar-refractivity contribution in [1.29, 1.82) is 5.26 Å². The lowest BCUT2D eigenvalue weighted by Crippen LogP contribution is -2.28. The Bertz CT molecular complexity index is 1320. The third-order valence-electron chi connectivity index (χ3n) is 6.20. The summed E-state index contributed by atoms with van der Waals surface area (Å²) in [6, 6.07) is 14.5. The second kappa shape index (κ2) is 7.26. The molecule has 1 saturated carbocycles. The van der Waals surface area contributed by atoms with Gasteiger partial charge in [-0.15, -0.1) is 5.10 Å². The van der Waals surface area contributed by atoms with E-state index in [1.54, 1.807) is 18.3 Å². The lowest BCUT2D eigenvalue weighted by Gasteiger charge is -2.20. The number of aromatic nitrogens is 2. The van der Waals surface area contributed by atoms with Crippen LogP contribution < -0.4 is 10.4 Å². The molecule has 0 aliphatic heterocycles. The van der Waals surface area contributed by atoms with E-state index in [9.17, 15) is 10.1 Å². The minimum Gasteiger partial charge on any atom is -0.318 e. The van der Waals surface area contributed by atoms with Crippen LogP contribution in [0.15, 0.2) is 64.6 Å². The van der Waals surface area contributed by atoms with Crippen LogP contribution in [0.2, 0.25) is 0 Å². The highest BCUT2D eigenvalue weighted by atomic mass is 32.1. The van der Waals surface area contributed by atoms with E-state index >= 15 is 0 Å². The molecule has 2 bridgehead atoms. The van der Waals surface area contributed by atoms with Gasteiger partial charge in [0.2, 0.25) is 4.80 Å². The van der Waals surface area contributed by atoms with Gasteiger partial charge in [0.05, 0.1) is 4.88 Å². The van der Waals surface area contributed by atoms with E-state index < -0.39 is 0 Å². The van der Waals surface area contributed by atoms with E-state index in [-0.39, 0.29) is 11.1 Å². The summed E-state index contributed by atoms with van der Waals surface area (Å²) in [5.74, 6) is 1.15. The van der Waals surface area contributed by atoms with Crippen molar-refractivity contribution in [3.8, 4) is 16.5 Å². The van der Waals surface area contributed by atoms with Gasteiger partial charge in [-0.05, 0) is 55.7 Å². The predicted molar refractivity (Wildman–Crippen MR) is 118 cm³/mol. The van der Waals surface area contributed by atoms with Gasteiger partial charge >= 0.3 is 0 Å². The van der Waals surface area contributed by atoms with E-state index in [1.165, 1.54) is 11.1 Å². The summed E-state index contributed by atoms with van der Waals surface area (Å²) in [7, 11) is 0. The number of pyridine rings is 1. The lowest BCUT2D eigenvalue weighted by atomic mass is 10.0. The molecule has 2 aromatic heterocycles.